The summed E-state index contributed by atoms with van der Waals surface area (Å²) in [5.41, 5.74) is 0.807. The fourth-order valence-electron chi connectivity index (χ4n) is 2.69. The Morgan fingerprint density at radius 1 is 1.17 bits per heavy atom. The van der Waals surface area contributed by atoms with Gasteiger partial charge in [0.15, 0.2) is 12.4 Å². The number of nitrogens with zero attached hydrogens (tertiary/aromatic N) is 4. The van der Waals surface area contributed by atoms with Gasteiger partial charge < -0.3 is 13.7 Å². The highest BCUT2D eigenvalue weighted by molar-refractivity contribution is 7.88. The highest BCUT2D eigenvalue weighted by Crippen LogP contribution is 2.21. The lowest BCUT2D eigenvalue weighted by Crippen LogP contribution is -2.31. The first-order valence-electron chi connectivity index (χ1n) is 8.80. The average Bonchev–Trinajstić information content (AvgIpc) is 3.40. The Labute approximate surface area is 171 Å². The van der Waals surface area contributed by atoms with Crippen molar-refractivity contribution in [1.82, 2.24) is 14.4 Å². The number of rotatable bonds is 6. The third-order valence-electron chi connectivity index (χ3n) is 4.15. The fourth-order valence-corrected chi connectivity index (χ4v) is 3.79. The first kappa shape index (κ1) is 19.6. The number of carbonyl (C=O) groups is 1. The molecule has 0 fully saturated rings. The zero-order chi connectivity index (χ0) is 21.1. The third-order valence-corrected chi connectivity index (χ3v) is 5.48. The Morgan fingerprint density at radius 2 is 1.97 bits per heavy atom. The summed E-state index contributed by atoms with van der Waals surface area (Å²) in [6, 6.07) is 12.3. The highest BCUT2D eigenvalue weighted by atomic mass is 32.2. The van der Waals surface area contributed by atoms with Gasteiger partial charge in [-0.1, -0.05) is 35.5 Å². The molecule has 0 aliphatic carbocycles. The maximum absolute atomic E-state index is 12.5. The van der Waals surface area contributed by atoms with Gasteiger partial charge in [0.2, 0.25) is 5.82 Å². The molecule has 10 nitrogen and oxygen atoms in total. The molecule has 0 radical (unpaired) electrons. The van der Waals surface area contributed by atoms with Gasteiger partial charge in [-0.25, -0.2) is 4.79 Å². The molecule has 0 amide bonds. The summed E-state index contributed by atoms with van der Waals surface area (Å²) in [4.78, 5) is 16.6. The Hall–Kier alpha value is -3.73. The molecular formula is C19H16N4O6S. The maximum atomic E-state index is 12.5. The first-order valence-corrected chi connectivity index (χ1v) is 10.2. The fraction of sp³-hybridized carbons (Fsp3) is 0.158. The van der Waals surface area contributed by atoms with Gasteiger partial charge in [-0.3, -0.25) is 4.31 Å². The van der Waals surface area contributed by atoms with Crippen molar-refractivity contribution in [3.05, 3.63) is 71.9 Å². The lowest BCUT2D eigenvalue weighted by atomic mass is 10.2. The van der Waals surface area contributed by atoms with Crippen LogP contribution >= 0.6 is 0 Å². The molecule has 1 aliphatic rings. The van der Waals surface area contributed by atoms with E-state index in [1.165, 1.54) is 19.4 Å². The van der Waals surface area contributed by atoms with Crippen LogP contribution in [0.1, 0.15) is 18.3 Å². The number of hydrogen-bond acceptors (Lipinski definition) is 8. The molecule has 0 bridgehead atoms. The minimum atomic E-state index is -3.94. The van der Waals surface area contributed by atoms with Gasteiger partial charge in [-0.15, -0.1) is 4.40 Å². The second-order valence-electron chi connectivity index (χ2n) is 6.30. The number of furan rings is 1. The quantitative estimate of drug-likeness (QED) is 0.548. The molecule has 0 atom stereocenters. The van der Waals surface area contributed by atoms with Crippen molar-refractivity contribution in [3.8, 4) is 11.7 Å². The minimum absolute atomic E-state index is 0.0236. The number of esters is 1. The van der Waals surface area contributed by atoms with Crippen LogP contribution < -0.4 is 0 Å². The molecule has 11 heteroatoms. The smallest absolute Gasteiger partial charge is 0.344 e. The second kappa shape index (κ2) is 7.95. The van der Waals surface area contributed by atoms with Crippen molar-refractivity contribution < 1.29 is 26.9 Å². The van der Waals surface area contributed by atoms with Gasteiger partial charge in [-0.2, -0.15) is 13.4 Å². The molecule has 0 spiro atoms. The lowest BCUT2D eigenvalue weighted by Gasteiger charge is -2.23. The summed E-state index contributed by atoms with van der Waals surface area (Å²) in [5.74, 6) is -0.0799. The molecule has 0 saturated carbocycles. The van der Waals surface area contributed by atoms with Crippen molar-refractivity contribution in [1.29, 1.82) is 0 Å². The standard InChI is InChI=1S/C19H16N4O6S/c1-13-15(11-23(30(25,26)22-13)10-14-6-3-2-4-7-14)19(24)28-12-17-20-18(29-21-17)16-8-5-9-27-16/h2-9,11H,10,12H2,1H3. The average molecular weight is 428 g/mol. The van der Waals surface area contributed by atoms with E-state index in [0.717, 1.165) is 9.87 Å². The number of carbonyl (C=O) groups excluding carboxylic acids is 1. The zero-order valence-electron chi connectivity index (χ0n) is 15.8. The molecule has 154 valence electrons. The van der Waals surface area contributed by atoms with Crippen LogP contribution in [0.3, 0.4) is 0 Å². The lowest BCUT2D eigenvalue weighted by molar-refractivity contribution is -0.140. The van der Waals surface area contributed by atoms with Gasteiger partial charge >= 0.3 is 16.2 Å². The molecule has 2 aromatic heterocycles. The third kappa shape index (κ3) is 4.15. The number of hydrogen-bond donors (Lipinski definition) is 0. The topological polar surface area (TPSA) is 128 Å². The van der Waals surface area contributed by atoms with Crippen LogP contribution in [0.25, 0.3) is 11.7 Å². The molecule has 0 unspecified atom stereocenters. The van der Waals surface area contributed by atoms with Crippen LogP contribution in [0.4, 0.5) is 0 Å². The largest absolute Gasteiger partial charge is 0.459 e. The normalized spacial score (nSPS) is 15.4. The molecule has 0 saturated heterocycles. The van der Waals surface area contributed by atoms with Crippen LogP contribution in [-0.4, -0.2) is 34.5 Å². The molecule has 0 N–H and O–H groups in total. The molecule has 3 heterocycles. The summed E-state index contributed by atoms with van der Waals surface area (Å²) >= 11 is 0. The summed E-state index contributed by atoms with van der Waals surface area (Å²) in [5, 5.41) is 3.72. The van der Waals surface area contributed by atoms with E-state index in [2.05, 4.69) is 14.5 Å². The summed E-state index contributed by atoms with van der Waals surface area (Å²) in [7, 11) is -3.94. The van der Waals surface area contributed by atoms with Crippen molar-refractivity contribution >= 4 is 21.9 Å². The van der Waals surface area contributed by atoms with Crippen LogP contribution in [0, 0.1) is 0 Å². The van der Waals surface area contributed by atoms with E-state index in [-0.39, 0.29) is 36.2 Å². The highest BCUT2D eigenvalue weighted by Gasteiger charge is 2.29. The van der Waals surface area contributed by atoms with Gasteiger partial charge in [0.25, 0.3) is 5.89 Å². The zero-order valence-corrected chi connectivity index (χ0v) is 16.6. The Morgan fingerprint density at radius 3 is 2.70 bits per heavy atom. The van der Waals surface area contributed by atoms with Gasteiger partial charge in [0.1, 0.15) is 0 Å². The van der Waals surface area contributed by atoms with Gasteiger partial charge in [-0.05, 0) is 24.6 Å². The number of aromatic nitrogens is 2. The van der Waals surface area contributed by atoms with E-state index in [1.54, 1.807) is 36.4 Å². The molecule has 1 aromatic carbocycles. The summed E-state index contributed by atoms with van der Waals surface area (Å²) < 4.78 is 44.8. The van der Waals surface area contributed by atoms with E-state index in [1.807, 2.05) is 6.07 Å². The van der Waals surface area contributed by atoms with Crippen LogP contribution in [0.5, 0.6) is 0 Å². The van der Waals surface area contributed by atoms with Crippen LogP contribution in [0.15, 0.2) is 73.8 Å². The van der Waals surface area contributed by atoms with E-state index in [0.29, 0.717) is 5.76 Å². The van der Waals surface area contributed by atoms with E-state index >= 15 is 0 Å². The molecular weight excluding hydrogens is 412 g/mol. The van der Waals surface area contributed by atoms with Crippen LogP contribution in [-0.2, 0) is 32.9 Å². The number of benzene rings is 1. The Bertz CT molecular complexity index is 1210. The maximum Gasteiger partial charge on any atom is 0.344 e. The molecule has 1 aliphatic heterocycles. The van der Waals surface area contributed by atoms with Crippen molar-refractivity contribution in [2.75, 3.05) is 0 Å². The predicted octanol–water partition coefficient (Wildman–Crippen LogP) is 2.48. The Balaban J connectivity index is 1.47. The monoisotopic (exact) mass is 428 g/mol. The summed E-state index contributed by atoms with van der Waals surface area (Å²) in [6.45, 7) is 1.20. The van der Waals surface area contributed by atoms with Crippen LogP contribution in [0.2, 0.25) is 0 Å². The van der Waals surface area contributed by atoms with E-state index in [9.17, 15) is 13.2 Å². The SMILES string of the molecule is CC1=NS(=O)(=O)N(Cc2ccccc2)C=C1C(=O)OCc1noc(-c2ccco2)n1. The number of ether oxygens (including phenoxy) is 1. The van der Waals surface area contributed by atoms with E-state index in [4.69, 9.17) is 13.7 Å². The molecule has 4 rings (SSSR count). The van der Waals surface area contributed by atoms with Gasteiger partial charge in [0, 0.05) is 6.20 Å². The molecule has 30 heavy (non-hydrogen) atoms. The Kier molecular flexibility index (Phi) is 5.19. The van der Waals surface area contributed by atoms with Gasteiger partial charge in [0.05, 0.1) is 24.1 Å². The van der Waals surface area contributed by atoms with Crippen molar-refractivity contribution in [2.24, 2.45) is 4.40 Å². The van der Waals surface area contributed by atoms with Crippen molar-refractivity contribution in [2.45, 2.75) is 20.1 Å². The second-order valence-corrected chi connectivity index (χ2v) is 7.84. The summed E-state index contributed by atoms with van der Waals surface area (Å²) in [6.07, 6.45) is 2.68. The minimum Gasteiger partial charge on any atom is -0.459 e. The molecule has 3 aromatic rings. The van der Waals surface area contributed by atoms with E-state index < -0.39 is 16.2 Å². The first-order chi connectivity index (χ1) is 14.4. The predicted molar refractivity (Wildman–Crippen MR) is 104 cm³/mol. The van der Waals surface area contributed by atoms with Crippen molar-refractivity contribution in [3.63, 3.8) is 0 Å².